The fraction of sp³-hybridized carbons (Fsp3) is 0.111. The Bertz CT molecular complexity index is 1160. The number of hydrogen-bond donors (Lipinski definition) is 1. The minimum absolute atomic E-state index is 0.148. The predicted octanol–water partition coefficient (Wildman–Crippen LogP) is 5.27. The van der Waals surface area contributed by atoms with Gasteiger partial charge >= 0.3 is 12.1 Å². The summed E-state index contributed by atoms with van der Waals surface area (Å²) in [5.41, 5.74) is 1.26. The van der Waals surface area contributed by atoms with Gasteiger partial charge in [-0.05, 0) is 60.9 Å². The number of nitrogens with zero attached hydrogens (tertiary/aromatic N) is 2. The molecule has 0 aliphatic rings. The van der Waals surface area contributed by atoms with Gasteiger partial charge in [0.25, 0.3) is 0 Å². The number of fused-ring (bicyclic) bond motifs is 3. The molecule has 4 rings (SSSR count). The van der Waals surface area contributed by atoms with E-state index >= 15 is 0 Å². The van der Waals surface area contributed by atoms with Gasteiger partial charge in [-0.25, -0.2) is 4.79 Å². The van der Waals surface area contributed by atoms with E-state index in [2.05, 4.69) is 4.37 Å². The first kappa shape index (κ1) is 16.6. The van der Waals surface area contributed by atoms with Crippen LogP contribution in [0.3, 0.4) is 0 Å². The molecule has 2 aromatic carbocycles. The highest BCUT2D eigenvalue weighted by molar-refractivity contribution is 7.07. The highest BCUT2D eigenvalue weighted by atomic mass is 32.1. The van der Waals surface area contributed by atoms with Gasteiger partial charge in [-0.1, -0.05) is 0 Å². The van der Waals surface area contributed by atoms with Gasteiger partial charge in [-0.3, -0.25) is 4.57 Å². The van der Waals surface area contributed by atoms with E-state index in [1.54, 1.807) is 16.7 Å². The Kier molecular flexibility index (Phi) is 3.55. The van der Waals surface area contributed by atoms with Crippen LogP contribution in [0.5, 0.6) is 0 Å². The molecule has 132 valence electrons. The number of carbonyl (C=O) groups is 1. The molecule has 0 amide bonds. The van der Waals surface area contributed by atoms with Crippen LogP contribution in [0.15, 0.2) is 42.5 Å². The molecule has 0 fully saturated rings. The number of aryl methyl sites for hydroxylation is 1. The van der Waals surface area contributed by atoms with E-state index in [-0.39, 0.29) is 5.56 Å². The van der Waals surface area contributed by atoms with Crippen LogP contribution in [0.1, 0.15) is 20.8 Å². The first-order valence-corrected chi connectivity index (χ1v) is 8.36. The number of rotatable bonds is 2. The van der Waals surface area contributed by atoms with Crippen molar-refractivity contribution >= 4 is 39.4 Å². The van der Waals surface area contributed by atoms with Crippen molar-refractivity contribution in [1.29, 1.82) is 0 Å². The van der Waals surface area contributed by atoms with Crippen molar-refractivity contribution in [2.24, 2.45) is 0 Å². The Labute approximate surface area is 149 Å². The molecule has 4 aromatic rings. The SMILES string of the molecule is Cc1snc2c1c1cc(C(=O)O)ccc1n2-c1ccc(C(F)(F)F)cc1. The number of carboxylic acid groups (broad SMARTS) is 1. The largest absolute Gasteiger partial charge is 0.478 e. The lowest BCUT2D eigenvalue weighted by Crippen LogP contribution is -2.05. The van der Waals surface area contributed by atoms with Gasteiger partial charge in [-0.15, -0.1) is 0 Å². The van der Waals surface area contributed by atoms with E-state index in [9.17, 15) is 23.1 Å². The summed E-state index contributed by atoms with van der Waals surface area (Å²) in [6, 6.07) is 9.53. The smallest absolute Gasteiger partial charge is 0.416 e. The summed E-state index contributed by atoms with van der Waals surface area (Å²) >= 11 is 1.27. The standard InChI is InChI=1S/C18H11F3N2O2S/c1-9-15-13-8-10(17(24)25)2-7-14(13)23(16(15)22-26-9)12-5-3-11(4-6-12)18(19,20)21/h2-8H,1H3,(H,24,25). The van der Waals surface area contributed by atoms with Gasteiger partial charge in [0.2, 0.25) is 0 Å². The van der Waals surface area contributed by atoms with Crippen LogP contribution in [-0.2, 0) is 6.18 Å². The van der Waals surface area contributed by atoms with E-state index in [0.717, 1.165) is 22.4 Å². The number of benzene rings is 2. The summed E-state index contributed by atoms with van der Waals surface area (Å²) in [6.45, 7) is 1.88. The molecule has 0 aliphatic carbocycles. The zero-order valence-corrected chi connectivity index (χ0v) is 14.1. The second-order valence-corrected chi connectivity index (χ2v) is 6.83. The van der Waals surface area contributed by atoms with Gasteiger partial charge in [-0.2, -0.15) is 17.5 Å². The molecule has 1 N–H and O–H groups in total. The lowest BCUT2D eigenvalue weighted by Gasteiger charge is -2.10. The minimum Gasteiger partial charge on any atom is -0.478 e. The van der Waals surface area contributed by atoms with Gasteiger partial charge in [0, 0.05) is 21.3 Å². The van der Waals surface area contributed by atoms with Crippen molar-refractivity contribution in [1.82, 2.24) is 8.94 Å². The highest BCUT2D eigenvalue weighted by Gasteiger charge is 2.30. The first-order valence-electron chi connectivity index (χ1n) is 7.59. The lowest BCUT2D eigenvalue weighted by molar-refractivity contribution is -0.137. The second-order valence-electron chi connectivity index (χ2n) is 5.85. The average molecular weight is 376 g/mol. The number of aromatic nitrogens is 2. The van der Waals surface area contributed by atoms with Gasteiger partial charge in [0.05, 0.1) is 16.6 Å². The lowest BCUT2D eigenvalue weighted by atomic mass is 10.1. The normalized spacial score (nSPS) is 12.2. The van der Waals surface area contributed by atoms with Gasteiger partial charge in [0.1, 0.15) is 0 Å². The Morgan fingerprint density at radius 1 is 1.15 bits per heavy atom. The molecule has 0 bridgehead atoms. The van der Waals surface area contributed by atoms with Crippen LogP contribution < -0.4 is 0 Å². The van der Waals surface area contributed by atoms with E-state index in [1.807, 2.05) is 6.92 Å². The van der Waals surface area contributed by atoms with Crippen LogP contribution in [0.4, 0.5) is 13.2 Å². The molecule has 0 atom stereocenters. The Hall–Kier alpha value is -2.87. The molecule has 2 aromatic heterocycles. The van der Waals surface area contributed by atoms with Crippen LogP contribution in [0.25, 0.3) is 27.6 Å². The van der Waals surface area contributed by atoms with Crippen LogP contribution in [0.2, 0.25) is 0 Å². The van der Waals surface area contributed by atoms with Crippen LogP contribution in [-0.4, -0.2) is 20.0 Å². The number of carboxylic acids is 1. The third-order valence-corrected chi connectivity index (χ3v) is 5.01. The molecule has 8 heteroatoms. The second kappa shape index (κ2) is 5.57. The Morgan fingerprint density at radius 2 is 1.85 bits per heavy atom. The maximum atomic E-state index is 12.8. The highest BCUT2D eigenvalue weighted by Crippen LogP contribution is 2.36. The van der Waals surface area contributed by atoms with Crippen molar-refractivity contribution < 1.29 is 23.1 Å². The molecule has 26 heavy (non-hydrogen) atoms. The zero-order valence-electron chi connectivity index (χ0n) is 13.3. The van der Waals surface area contributed by atoms with Crippen molar-refractivity contribution in [2.45, 2.75) is 13.1 Å². The first-order chi connectivity index (χ1) is 12.3. The number of hydrogen-bond acceptors (Lipinski definition) is 3. The quantitative estimate of drug-likeness (QED) is 0.519. The van der Waals surface area contributed by atoms with Crippen LogP contribution in [0, 0.1) is 6.92 Å². The molecular weight excluding hydrogens is 365 g/mol. The third kappa shape index (κ3) is 2.45. The molecule has 2 heterocycles. The fourth-order valence-corrected chi connectivity index (χ4v) is 3.75. The van der Waals surface area contributed by atoms with Crippen molar-refractivity contribution in [3.63, 3.8) is 0 Å². The van der Waals surface area contributed by atoms with E-state index < -0.39 is 17.7 Å². The van der Waals surface area contributed by atoms with Crippen molar-refractivity contribution in [3.05, 3.63) is 58.5 Å². The zero-order chi connectivity index (χ0) is 18.6. The maximum absolute atomic E-state index is 12.8. The summed E-state index contributed by atoms with van der Waals surface area (Å²) in [5.74, 6) is -1.04. The summed E-state index contributed by atoms with van der Waals surface area (Å²) < 4.78 is 44.6. The summed E-state index contributed by atoms with van der Waals surface area (Å²) in [7, 11) is 0. The number of alkyl halides is 3. The average Bonchev–Trinajstić information content (AvgIpc) is 3.11. The molecule has 4 nitrogen and oxygen atoms in total. The topological polar surface area (TPSA) is 55.1 Å². The monoisotopic (exact) mass is 376 g/mol. The molecule has 0 spiro atoms. The Balaban J connectivity index is 2.01. The van der Waals surface area contributed by atoms with Crippen molar-refractivity contribution in [2.75, 3.05) is 0 Å². The van der Waals surface area contributed by atoms with Gasteiger partial charge in [0.15, 0.2) is 5.65 Å². The molecule has 0 saturated heterocycles. The minimum atomic E-state index is -4.40. The molecule has 0 aliphatic heterocycles. The summed E-state index contributed by atoms with van der Waals surface area (Å²) in [5, 5.41) is 10.8. The third-order valence-electron chi connectivity index (χ3n) is 4.26. The number of aromatic carboxylic acids is 1. The molecule has 0 unspecified atom stereocenters. The van der Waals surface area contributed by atoms with E-state index in [0.29, 0.717) is 22.2 Å². The van der Waals surface area contributed by atoms with E-state index in [1.165, 1.54) is 29.7 Å². The summed E-state index contributed by atoms with van der Waals surface area (Å²) in [6.07, 6.45) is -4.40. The molecular formula is C18H11F3N2O2S. The maximum Gasteiger partial charge on any atom is 0.416 e. The Morgan fingerprint density at radius 3 is 2.46 bits per heavy atom. The fourth-order valence-electron chi connectivity index (χ4n) is 3.06. The van der Waals surface area contributed by atoms with Crippen molar-refractivity contribution in [3.8, 4) is 5.69 Å². The molecule has 0 saturated carbocycles. The summed E-state index contributed by atoms with van der Waals surface area (Å²) in [4.78, 5) is 12.2. The number of halogens is 3. The van der Waals surface area contributed by atoms with Gasteiger partial charge < -0.3 is 5.11 Å². The van der Waals surface area contributed by atoms with Crippen LogP contribution >= 0.6 is 11.5 Å². The molecule has 0 radical (unpaired) electrons. The predicted molar refractivity (Wildman–Crippen MR) is 93.2 cm³/mol. The van der Waals surface area contributed by atoms with E-state index in [4.69, 9.17) is 0 Å².